The van der Waals surface area contributed by atoms with Gasteiger partial charge in [0, 0.05) is 4.47 Å². The van der Waals surface area contributed by atoms with Crippen LogP contribution in [0.2, 0.25) is 0 Å². The van der Waals surface area contributed by atoms with Crippen LogP contribution in [0.5, 0.6) is 0 Å². The van der Waals surface area contributed by atoms with Crippen molar-refractivity contribution in [3.05, 3.63) is 34.3 Å². The highest BCUT2D eigenvalue weighted by atomic mass is 79.9. The molecule has 104 valence electrons. The number of halogens is 1. The molecule has 0 aromatic heterocycles. The molecule has 0 amide bonds. The van der Waals surface area contributed by atoms with Crippen LogP contribution in [0.25, 0.3) is 0 Å². The van der Waals surface area contributed by atoms with Crippen molar-refractivity contribution >= 4 is 21.9 Å². The van der Waals surface area contributed by atoms with E-state index in [9.17, 15) is 9.90 Å². The molecule has 1 N–H and O–H groups in total. The summed E-state index contributed by atoms with van der Waals surface area (Å²) in [6.45, 7) is 0. The molecular weight excluding hydrogens is 304 g/mol. The van der Waals surface area contributed by atoms with E-state index in [2.05, 4.69) is 15.9 Å². The van der Waals surface area contributed by atoms with E-state index in [0.717, 1.165) is 22.9 Å². The molecule has 1 aromatic carbocycles. The quantitative estimate of drug-likeness (QED) is 0.817. The topological polar surface area (TPSA) is 37.3 Å². The summed E-state index contributed by atoms with van der Waals surface area (Å²) in [5.74, 6) is -0.536. The molecular formula is C16H21BrO2. The Morgan fingerprint density at radius 2 is 1.84 bits per heavy atom. The van der Waals surface area contributed by atoms with E-state index in [1.165, 1.54) is 25.7 Å². The van der Waals surface area contributed by atoms with Crippen molar-refractivity contribution in [3.8, 4) is 0 Å². The fourth-order valence-corrected chi connectivity index (χ4v) is 3.52. The highest BCUT2D eigenvalue weighted by molar-refractivity contribution is 9.10. The molecule has 3 heteroatoms. The summed E-state index contributed by atoms with van der Waals surface area (Å²) in [7, 11) is 0. The van der Waals surface area contributed by atoms with Gasteiger partial charge in [-0.25, -0.2) is 0 Å². The first-order valence-corrected chi connectivity index (χ1v) is 7.94. The van der Waals surface area contributed by atoms with E-state index >= 15 is 0 Å². The summed E-state index contributed by atoms with van der Waals surface area (Å²) in [6.07, 6.45) is 7.68. The Bertz CT molecular complexity index is 423. The van der Waals surface area contributed by atoms with E-state index in [1.54, 1.807) is 0 Å². The number of hydrogen-bond donors (Lipinski definition) is 1. The van der Waals surface area contributed by atoms with Crippen LogP contribution in [0.15, 0.2) is 28.7 Å². The number of hydrogen-bond acceptors (Lipinski definition) is 1. The smallest absolute Gasteiger partial charge is 0.307 e. The first-order chi connectivity index (χ1) is 9.18. The number of benzene rings is 1. The van der Waals surface area contributed by atoms with Gasteiger partial charge >= 0.3 is 5.97 Å². The first-order valence-electron chi connectivity index (χ1n) is 7.14. The fourth-order valence-electron chi connectivity index (χ4n) is 3.07. The molecule has 2 rings (SSSR count). The normalized spacial score (nSPS) is 18.8. The maximum atomic E-state index is 11.6. The summed E-state index contributed by atoms with van der Waals surface area (Å²) in [6, 6.07) is 7.96. The maximum absolute atomic E-state index is 11.6. The molecule has 0 spiro atoms. The van der Waals surface area contributed by atoms with Crippen molar-refractivity contribution in [1.29, 1.82) is 0 Å². The van der Waals surface area contributed by atoms with Gasteiger partial charge in [-0.15, -0.1) is 0 Å². The molecule has 1 aliphatic rings. The second kappa shape index (κ2) is 7.09. The second-order valence-corrected chi connectivity index (χ2v) is 6.35. The predicted molar refractivity (Wildman–Crippen MR) is 80.2 cm³/mol. The Morgan fingerprint density at radius 1 is 1.21 bits per heavy atom. The van der Waals surface area contributed by atoms with Gasteiger partial charge in [-0.1, -0.05) is 59.8 Å². The summed E-state index contributed by atoms with van der Waals surface area (Å²) in [5, 5.41) is 9.55. The molecule has 1 unspecified atom stereocenters. The van der Waals surface area contributed by atoms with E-state index in [1.807, 2.05) is 24.3 Å². The standard InChI is InChI=1S/C16H21BrO2/c17-15-10-6-5-9-13(15)11-14(16(18)19)12-7-3-1-2-4-8-12/h5-6,9-10,12,14H,1-4,7-8,11H2,(H,18,19). The zero-order chi connectivity index (χ0) is 13.7. The van der Waals surface area contributed by atoms with Crippen molar-refractivity contribution in [2.24, 2.45) is 11.8 Å². The van der Waals surface area contributed by atoms with E-state index in [4.69, 9.17) is 0 Å². The van der Waals surface area contributed by atoms with Gasteiger partial charge in [-0.3, -0.25) is 4.79 Å². The third kappa shape index (κ3) is 4.07. The maximum Gasteiger partial charge on any atom is 0.307 e. The number of rotatable bonds is 4. The molecule has 0 radical (unpaired) electrons. The van der Waals surface area contributed by atoms with Gasteiger partial charge in [0.2, 0.25) is 0 Å². The molecule has 0 heterocycles. The zero-order valence-electron chi connectivity index (χ0n) is 11.1. The minimum absolute atomic E-state index is 0.239. The van der Waals surface area contributed by atoms with Gasteiger partial charge in [0.25, 0.3) is 0 Å². The Morgan fingerprint density at radius 3 is 2.42 bits per heavy atom. The molecule has 1 fully saturated rings. The number of aliphatic carboxylic acids is 1. The molecule has 0 saturated heterocycles. The third-order valence-electron chi connectivity index (χ3n) is 4.18. The molecule has 1 aromatic rings. The van der Waals surface area contributed by atoms with Crippen molar-refractivity contribution in [3.63, 3.8) is 0 Å². The molecule has 1 saturated carbocycles. The molecule has 1 atom stereocenters. The summed E-state index contributed by atoms with van der Waals surface area (Å²) < 4.78 is 1.02. The minimum Gasteiger partial charge on any atom is -0.481 e. The minimum atomic E-state index is -0.636. The lowest BCUT2D eigenvalue weighted by molar-refractivity contribution is -0.143. The van der Waals surface area contributed by atoms with Crippen LogP contribution in [0.1, 0.15) is 44.1 Å². The van der Waals surface area contributed by atoms with Gasteiger partial charge in [0.05, 0.1) is 5.92 Å². The van der Waals surface area contributed by atoms with Crippen LogP contribution in [-0.4, -0.2) is 11.1 Å². The Hall–Kier alpha value is -0.830. The molecule has 19 heavy (non-hydrogen) atoms. The van der Waals surface area contributed by atoms with E-state index in [-0.39, 0.29) is 5.92 Å². The van der Waals surface area contributed by atoms with Crippen LogP contribution < -0.4 is 0 Å². The Kier molecular flexibility index (Phi) is 5.44. The largest absolute Gasteiger partial charge is 0.481 e. The van der Waals surface area contributed by atoms with Gasteiger partial charge in [0.1, 0.15) is 0 Å². The highest BCUT2D eigenvalue weighted by Gasteiger charge is 2.29. The SMILES string of the molecule is O=C(O)C(Cc1ccccc1Br)C1CCCCCC1. The van der Waals surface area contributed by atoms with Crippen molar-refractivity contribution in [2.75, 3.05) is 0 Å². The Labute approximate surface area is 123 Å². The van der Waals surface area contributed by atoms with Gasteiger partial charge in [0.15, 0.2) is 0 Å². The van der Waals surface area contributed by atoms with E-state index < -0.39 is 5.97 Å². The summed E-state index contributed by atoms with van der Waals surface area (Å²) >= 11 is 3.52. The van der Waals surface area contributed by atoms with Crippen LogP contribution in [0.3, 0.4) is 0 Å². The van der Waals surface area contributed by atoms with Crippen LogP contribution >= 0.6 is 15.9 Å². The number of carboxylic acids is 1. The van der Waals surface area contributed by atoms with Crippen LogP contribution in [0.4, 0.5) is 0 Å². The molecule has 1 aliphatic carbocycles. The highest BCUT2D eigenvalue weighted by Crippen LogP contribution is 2.32. The Balaban J connectivity index is 2.11. The first kappa shape index (κ1) is 14.6. The zero-order valence-corrected chi connectivity index (χ0v) is 12.7. The van der Waals surface area contributed by atoms with Gasteiger partial charge < -0.3 is 5.11 Å². The lowest BCUT2D eigenvalue weighted by atomic mass is 9.82. The van der Waals surface area contributed by atoms with Crippen LogP contribution in [-0.2, 0) is 11.2 Å². The van der Waals surface area contributed by atoms with Gasteiger partial charge in [-0.05, 0) is 36.8 Å². The summed E-state index contributed by atoms with van der Waals surface area (Å²) in [5.41, 5.74) is 1.11. The number of carboxylic acid groups (broad SMARTS) is 1. The average Bonchev–Trinajstić information content (AvgIpc) is 2.66. The van der Waals surface area contributed by atoms with Crippen molar-refractivity contribution < 1.29 is 9.90 Å². The van der Waals surface area contributed by atoms with Crippen LogP contribution in [0, 0.1) is 11.8 Å². The number of carbonyl (C=O) groups is 1. The molecule has 0 bridgehead atoms. The lowest BCUT2D eigenvalue weighted by Gasteiger charge is -2.23. The third-order valence-corrected chi connectivity index (χ3v) is 4.96. The second-order valence-electron chi connectivity index (χ2n) is 5.49. The monoisotopic (exact) mass is 324 g/mol. The van der Waals surface area contributed by atoms with E-state index in [0.29, 0.717) is 12.3 Å². The predicted octanol–water partition coefficient (Wildman–Crippen LogP) is 4.66. The summed E-state index contributed by atoms with van der Waals surface area (Å²) in [4.78, 5) is 11.6. The molecule has 2 nitrogen and oxygen atoms in total. The average molecular weight is 325 g/mol. The molecule has 0 aliphatic heterocycles. The lowest BCUT2D eigenvalue weighted by Crippen LogP contribution is -2.25. The fraction of sp³-hybridized carbons (Fsp3) is 0.562. The van der Waals surface area contributed by atoms with Crippen molar-refractivity contribution in [2.45, 2.75) is 44.9 Å². The van der Waals surface area contributed by atoms with Gasteiger partial charge in [-0.2, -0.15) is 0 Å². The van der Waals surface area contributed by atoms with Crippen molar-refractivity contribution in [1.82, 2.24) is 0 Å².